The molecule has 4 rings (SSSR count). The van der Waals surface area contributed by atoms with E-state index in [4.69, 9.17) is 0 Å². The zero-order valence-electron chi connectivity index (χ0n) is 18.1. The van der Waals surface area contributed by atoms with Gasteiger partial charge in [0.05, 0.1) is 5.41 Å². The summed E-state index contributed by atoms with van der Waals surface area (Å²) >= 11 is 0. The monoisotopic (exact) mass is 431 g/mol. The van der Waals surface area contributed by atoms with Crippen LogP contribution in [0, 0.1) is 11.2 Å². The average molecular weight is 432 g/mol. The summed E-state index contributed by atoms with van der Waals surface area (Å²) in [5, 5.41) is 2.80. The minimum Gasteiger partial charge on any atom is -0.359 e. The molecule has 1 aliphatic heterocycles. The molecule has 1 fully saturated rings. The molecular formula is C26H26FN3O2. The van der Waals surface area contributed by atoms with Crippen LogP contribution in [0.4, 0.5) is 4.39 Å². The maximum atomic E-state index is 14.1. The van der Waals surface area contributed by atoms with Crippen LogP contribution in [0.15, 0.2) is 72.9 Å². The first-order chi connectivity index (χ1) is 15.5. The summed E-state index contributed by atoms with van der Waals surface area (Å²) in [6.45, 7) is 0.928. The van der Waals surface area contributed by atoms with E-state index in [-0.39, 0.29) is 17.6 Å². The summed E-state index contributed by atoms with van der Waals surface area (Å²) in [6, 6.07) is 19.6. The number of nitrogens with one attached hydrogen (secondary N) is 1. The topological polar surface area (TPSA) is 62.3 Å². The summed E-state index contributed by atoms with van der Waals surface area (Å²) in [5.41, 5.74) is 1.97. The molecule has 1 aromatic heterocycles. The van der Waals surface area contributed by atoms with Gasteiger partial charge in [0, 0.05) is 31.9 Å². The predicted molar refractivity (Wildman–Crippen MR) is 121 cm³/mol. The molecule has 1 unspecified atom stereocenters. The Morgan fingerprint density at radius 1 is 1.06 bits per heavy atom. The Hall–Kier alpha value is -3.54. The highest BCUT2D eigenvalue weighted by atomic mass is 19.1. The molecule has 32 heavy (non-hydrogen) atoms. The van der Waals surface area contributed by atoms with Gasteiger partial charge in [0.25, 0.3) is 5.91 Å². The van der Waals surface area contributed by atoms with E-state index in [1.54, 1.807) is 48.5 Å². The van der Waals surface area contributed by atoms with Crippen molar-refractivity contribution in [2.45, 2.75) is 19.3 Å². The average Bonchev–Trinajstić information content (AvgIpc) is 2.84. The molecule has 6 heteroatoms. The van der Waals surface area contributed by atoms with Gasteiger partial charge in [-0.3, -0.25) is 14.6 Å². The van der Waals surface area contributed by atoms with E-state index < -0.39 is 5.41 Å². The molecule has 3 aromatic rings. The summed E-state index contributed by atoms with van der Waals surface area (Å²) in [6.07, 6.45) is 3.52. The van der Waals surface area contributed by atoms with Crippen LogP contribution >= 0.6 is 0 Å². The number of carbonyl (C=O) groups excluding carboxylic acids is 2. The largest absolute Gasteiger partial charge is 0.359 e. The third kappa shape index (κ3) is 4.40. The molecule has 2 amide bonds. The Balaban J connectivity index is 1.57. The van der Waals surface area contributed by atoms with Gasteiger partial charge in [-0.25, -0.2) is 4.39 Å². The third-order valence-electron chi connectivity index (χ3n) is 6.14. The van der Waals surface area contributed by atoms with Crippen LogP contribution in [-0.4, -0.2) is 41.8 Å². The van der Waals surface area contributed by atoms with Crippen LogP contribution in [0.3, 0.4) is 0 Å². The number of piperidine rings is 1. The molecule has 0 bridgehead atoms. The molecule has 5 nitrogen and oxygen atoms in total. The second-order valence-corrected chi connectivity index (χ2v) is 8.26. The van der Waals surface area contributed by atoms with Crippen molar-refractivity contribution in [3.63, 3.8) is 0 Å². The normalized spacial score (nSPS) is 18.2. The Morgan fingerprint density at radius 3 is 2.50 bits per heavy atom. The van der Waals surface area contributed by atoms with Gasteiger partial charge in [0.15, 0.2) is 0 Å². The molecule has 0 radical (unpaired) electrons. The number of hydrogen-bond donors (Lipinski definition) is 1. The maximum absolute atomic E-state index is 14.1. The highest BCUT2D eigenvalue weighted by molar-refractivity contribution is 5.93. The number of carbonyl (C=O) groups is 2. The van der Waals surface area contributed by atoms with Crippen LogP contribution in [0.5, 0.6) is 0 Å². The molecule has 0 saturated carbocycles. The predicted octanol–water partition coefficient (Wildman–Crippen LogP) is 4.10. The van der Waals surface area contributed by atoms with Gasteiger partial charge in [-0.2, -0.15) is 0 Å². The molecule has 0 aliphatic carbocycles. The van der Waals surface area contributed by atoms with Crippen molar-refractivity contribution in [3.8, 4) is 11.1 Å². The summed E-state index contributed by atoms with van der Waals surface area (Å²) in [7, 11) is 1.63. The molecule has 1 atom stereocenters. The van der Waals surface area contributed by atoms with Crippen molar-refractivity contribution < 1.29 is 14.0 Å². The number of pyridine rings is 1. The number of halogens is 1. The van der Waals surface area contributed by atoms with Crippen molar-refractivity contribution in [2.24, 2.45) is 5.41 Å². The molecule has 1 N–H and O–H groups in total. The van der Waals surface area contributed by atoms with Crippen molar-refractivity contribution >= 4 is 11.8 Å². The number of rotatable bonds is 5. The Labute approximate surface area is 187 Å². The zero-order valence-corrected chi connectivity index (χ0v) is 18.1. The number of aromatic nitrogens is 1. The highest BCUT2D eigenvalue weighted by Crippen LogP contribution is 2.35. The van der Waals surface area contributed by atoms with Crippen molar-refractivity contribution in [1.29, 1.82) is 0 Å². The number of nitrogens with zero attached hydrogens (tertiary/aromatic N) is 2. The van der Waals surface area contributed by atoms with E-state index in [2.05, 4.69) is 10.3 Å². The van der Waals surface area contributed by atoms with E-state index in [1.165, 1.54) is 6.07 Å². The lowest BCUT2D eigenvalue weighted by Crippen LogP contribution is -2.54. The lowest BCUT2D eigenvalue weighted by atomic mass is 9.74. The summed E-state index contributed by atoms with van der Waals surface area (Å²) in [5.74, 6) is -0.499. The van der Waals surface area contributed by atoms with Gasteiger partial charge >= 0.3 is 0 Å². The van der Waals surface area contributed by atoms with E-state index in [0.29, 0.717) is 37.2 Å². The second kappa shape index (κ2) is 9.30. The second-order valence-electron chi connectivity index (χ2n) is 8.26. The lowest BCUT2D eigenvalue weighted by Gasteiger charge is -2.41. The standard InChI is InChI=1S/C26H26FN3O2/c1-28-25(32)26(14-6-16-30(18-26)24(31)23-9-4-5-15-29-23)17-19-10-12-20(13-11-19)21-7-2-3-8-22(21)27/h2-5,7-13,15H,6,14,16-18H2,1H3,(H,28,32). The van der Waals surface area contributed by atoms with Gasteiger partial charge in [-0.1, -0.05) is 48.5 Å². The molecule has 2 aromatic carbocycles. The van der Waals surface area contributed by atoms with Crippen LogP contribution in [0.2, 0.25) is 0 Å². The summed E-state index contributed by atoms with van der Waals surface area (Å²) in [4.78, 5) is 31.9. The SMILES string of the molecule is CNC(=O)C1(Cc2ccc(-c3ccccc3F)cc2)CCCN(C(=O)c2ccccn2)C1. The molecule has 0 spiro atoms. The van der Waals surface area contributed by atoms with Crippen molar-refractivity contribution in [1.82, 2.24) is 15.2 Å². The Morgan fingerprint density at radius 2 is 1.81 bits per heavy atom. The first kappa shape index (κ1) is 21.7. The minimum atomic E-state index is -0.725. The third-order valence-corrected chi connectivity index (χ3v) is 6.14. The fraction of sp³-hybridized carbons (Fsp3) is 0.269. The Kier molecular flexibility index (Phi) is 6.30. The number of hydrogen-bond acceptors (Lipinski definition) is 3. The van der Waals surface area contributed by atoms with Crippen LogP contribution < -0.4 is 5.32 Å². The maximum Gasteiger partial charge on any atom is 0.272 e. The zero-order chi connectivity index (χ0) is 22.6. The van der Waals surface area contributed by atoms with Crippen LogP contribution in [0.25, 0.3) is 11.1 Å². The van der Waals surface area contributed by atoms with E-state index >= 15 is 0 Å². The molecule has 1 aliphatic rings. The van der Waals surface area contributed by atoms with Crippen LogP contribution in [-0.2, 0) is 11.2 Å². The number of benzene rings is 2. The first-order valence-corrected chi connectivity index (χ1v) is 10.8. The molecule has 164 valence electrons. The Bertz CT molecular complexity index is 1100. The number of likely N-dealkylation sites (tertiary alicyclic amines) is 1. The molecule has 1 saturated heterocycles. The van der Waals surface area contributed by atoms with Gasteiger partial charge < -0.3 is 10.2 Å². The quantitative estimate of drug-likeness (QED) is 0.662. The van der Waals surface area contributed by atoms with E-state index in [9.17, 15) is 14.0 Å². The van der Waals surface area contributed by atoms with Crippen molar-refractivity contribution in [2.75, 3.05) is 20.1 Å². The molecule has 2 heterocycles. The fourth-order valence-corrected chi connectivity index (χ4v) is 4.52. The minimum absolute atomic E-state index is 0.0748. The molecular weight excluding hydrogens is 405 g/mol. The van der Waals surface area contributed by atoms with Crippen molar-refractivity contribution in [3.05, 3.63) is 90.0 Å². The van der Waals surface area contributed by atoms with Gasteiger partial charge in [0.1, 0.15) is 11.5 Å². The lowest BCUT2D eigenvalue weighted by molar-refractivity contribution is -0.133. The fourth-order valence-electron chi connectivity index (χ4n) is 4.52. The highest BCUT2D eigenvalue weighted by Gasteiger charge is 2.43. The van der Waals surface area contributed by atoms with Crippen LogP contribution in [0.1, 0.15) is 28.9 Å². The van der Waals surface area contributed by atoms with Gasteiger partial charge in [-0.15, -0.1) is 0 Å². The van der Waals surface area contributed by atoms with E-state index in [0.717, 1.165) is 17.5 Å². The summed E-state index contributed by atoms with van der Waals surface area (Å²) < 4.78 is 14.1. The smallest absolute Gasteiger partial charge is 0.272 e. The van der Waals surface area contributed by atoms with Gasteiger partial charge in [-0.05, 0) is 48.6 Å². The number of amides is 2. The van der Waals surface area contributed by atoms with E-state index in [1.807, 2.05) is 30.3 Å². The van der Waals surface area contributed by atoms with Gasteiger partial charge in [0.2, 0.25) is 5.91 Å². The first-order valence-electron chi connectivity index (χ1n) is 10.8.